The second kappa shape index (κ2) is 8.42. The maximum absolute atomic E-state index is 6.18. The minimum absolute atomic E-state index is 0.147. The summed E-state index contributed by atoms with van der Waals surface area (Å²) < 4.78 is 8.17. The number of hydrogen-bond donors (Lipinski definition) is 1. The van der Waals surface area contributed by atoms with Crippen molar-refractivity contribution in [3.63, 3.8) is 0 Å². The summed E-state index contributed by atoms with van der Waals surface area (Å²) in [7, 11) is 0. The van der Waals surface area contributed by atoms with Crippen LogP contribution in [0.1, 0.15) is 65.5 Å². The second-order valence-corrected chi connectivity index (χ2v) is 5.22. The van der Waals surface area contributed by atoms with E-state index in [9.17, 15) is 0 Å². The van der Waals surface area contributed by atoms with Gasteiger partial charge in [0, 0.05) is 24.9 Å². The van der Waals surface area contributed by atoms with Gasteiger partial charge in [-0.3, -0.25) is 4.68 Å². The van der Waals surface area contributed by atoms with Gasteiger partial charge in [0.15, 0.2) is 0 Å². The smallest absolute Gasteiger partial charge is 0.0872 e. The van der Waals surface area contributed by atoms with E-state index >= 15 is 0 Å². The molecule has 116 valence electrons. The zero-order valence-electron chi connectivity index (χ0n) is 13.8. The molecular formula is C16H31N3O. The number of aromatic nitrogens is 2. The van der Waals surface area contributed by atoms with Crippen LogP contribution in [-0.4, -0.2) is 28.5 Å². The Labute approximate surface area is 123 Å². The van der Waals surface area contributed by atoms with E-state index < -0.39 is 0 Å². The maximum Gasteiger partial charge on any atom is 0.0872 e. The van der Waals surface area contributed by atoms with Crippen molar-refractivity contribution in [3.8, 4) is 0 Å². The van der Waals surface area contributed by atoms with Crippen molar-refractivity contribution in [1.82, 2.24) is 15.1 Å². The highest BCUT2D eigenvalue weighted by Crippen LogP contribution is 2.35. The summed E-state index contributed by atoms with van der Waals surface area (Å²) in [5, 5.41) is 8.10. The van der Waals surface area contributed by atoms with Crippen molar-refractivity contribution >= 4 is 0 Å². The Morgan fingerprint density at radius 1 is 1.25 bits per heavy atom. The summed E-state index contributed by atoms with van der Waals surface area (Å²) in [5.41, 5.74) is 1.09. The molecule has 0 amide bonds. The zero-order valence-corrected chi connectivity index (χ0v) is 13.8. The Kier molecular flexibility index (Phi) is 7.24. The van der Waals surface area contributed by atoms with Gasteiger partial charge in [0.05, 0.1) is 17.8 Å². The SMILES string of the molecule is CCCNC(c1cnn(CC)c1)C(CC)(CC)OCC. The van der Waals surface area contributed by atoms with Gasteiger partial charge in [-0.05, 0) is 39.7 Å². The molecule has 1 N–H and O–H groups in total. The highest BCUT2D eigenvalue weighted by Gasteiger charge is 2.37. The van der Waals surface area contributed by atoms with Gasteiger partial charge in [0.1, 0.15) is 0 Å². The summed E-state index contributed by atoms with van der Waals surface area (Å²) in [6.45, 7) is 13.5. The normalized spacial score (nSPS) is 13.7. The van der Waals surface area contributed by atoms with Crippen molar-refractivity contribution < 1.29 is 4.74 Å². The lowest BCUT2D eigenvalue weighted by molar-refractivity contribution is -0.0733. The zero-order chi connectivity index (χ0) is 15.0. The number of aryl methyl sites for hydroxylation is 1. The molecule has 0 aliphatic rings. The Morgan fingerprint density at radius 2 is 1.95 bits per heavy atom. The van der Waals surface area contributed by atoms with Gasteiger partial charge in [-0.2, -0.15) is 5.10 Å². The molecule has 1 rings (SSSR count). The van der Waals surface area contributed by atoms with E-state index in [4.69, 9.17) is 4.74 Å². The lowest BCUT2D eigenvalue weighted by Crippen LogP contribution is -2.45. The van der Waals surface area contributed by atoms with Crippen LogP contribution in [0.25, 0.3) is 0 Å². The van der Waals surface area contributed by atoms with Crippen LogP contribution in [0.5, 0.6) is 0 Å². The first-order valence-electron chi connectivity index (χ1n) is 8.06. The molecule has 0 fully saturated rings. The number of nitrogens with zero attached hydrogens (tertiary/aromatic N) is 2. The fourth-order valence-corrected chi connectivity index (χ4v) is 2.83. The van der Waals surface area contributed by atoms with Crippen LogP contribution in [0.2, 0.25) is 0 Å². The van der Waals surface area contributed by atoms with Crippen molar-refractivity contribution in [2.45, 2.75) is 72.1 Å². The lowest BCUT2D eigenvalue weighted by Gasteiger charge is -2.39. The van der Waals surface area contributed by atoms with Crippen LogP contribution in [0, 0.1) is 0 Å². The number of ether oxygens (including phenoxy) is 1. The fourth-order valence-electron chi connectivity index (χ4n) is 2.83. The number of rotatable bonds is 10. The van der Waals surface area contributed by atoms with Gasteiger partial charge in [0.25, 0.3) is 0 Å². The van der Waals surface area contributed by atoms with Gasteiger partial charge in [-0.1, -0.05) is 20.8 Å². The lowest BCUT2D eigenvalue weighted by atomic mass is 9.84. The molecule has 0 bridgehead atoms. The minimum Gasteiger partial charge on any atom is -0.373 e. The van der Waals surface area contributed by atoms with Crippen LogP contribution in [0.3, 0.4) is 0 Å². The Hall–Kier alpha value is -0.870. The topological polar surface area (TPSA) is 39.1 Å². The van der Waals surface area contributed by atoms with Crippen LogP contribution < -0.4 is 5.32 Å². The summed E-state index contributed by atoms with van der Waals surface area (Å²) in [5.74, 6) is 0. The van der Waals surface area contributed by atoms with Crippen molar-refractivity contribution in [2.75, 3.05) is 13.2 Å². The summed E-state index contributed by atoms with van der Waals surface area (Å²) in [6.07, 6.45) is 7.24. The average Bonchev–Trinajstić information content (AvgIpc) is 2.95. The van der Waals surface area contributed by atoms with Crippen LogP contribution in [0.15, 0.2) is 12.4 Å². The van der Waals surface area contributed by atoms with Crippen molar-refractivity contribution in [1.29, 1.82) is 0 Å². The van der Waals surface area contributed by atoms with E-state index in [0.717, 1.165) is 39.0 Å². The van der Waals surface area contributed by atoms with E-state index in [1.807, 2.05) is 10.9 Å². The molecule has 4 heteroatoms. The number of nitrogens with one attached hydrogen (secondary N) is 1. The average molecular weight is 281 g/mol. The summed E-state index contributed by atoms with van der Waals surface area (Å²) in [6, 6.07) is 0.206. The Bertz CT molecular complexity index is 372. The largest absolute Gasteiger partial charge is 0.373 e. The third-order valence-electron chi connectivity index (χ3n) is 4.06. The first-order chi connectivity index (χ1) is 9.67. The van der Waals surface area contributed by atoms with Crippen LogP contribution in [0.4, 0.5) is 0 Å². The van der Waals surface area contributed by atoms with E-state index in [0.29, 0.717) is 0 Å². The number of hydrogen-bond acceptors (Lipinski definition) is 3. The van der Waals surface area contributed by atoms with E-state index in [-0.39, 0.29) is 11.6 Å². The van der Waals surface area contributed by atoms with Gasteiger partial charge in [-0.15, -0.1) is 0 Å². The van der Waals surface area contributed by atoms with Crippen molar-refractivity contribution in [3.05, 3.63) is 18.0 Å². The molecule has 0 spiro atoms. The maximum atomic E-state index is 6.18. The third-order valence-corrected chi connectivity index (χ3v) is 4.06. The molecule has 1 heterocycles. The first-order valence-corrected chi connectivity index (χ1v) is 8.06. The van der Waals surface area contributed by atoms with E-state index in [2.05, 4.69) is 51.2 Å². The molecular weight excluding hydrogens is 250 g/mol. The van der Waals surface area contributed by atoms with Crippen molar-refractivity contribution in [2.24, 2.45) is 0 Å². The third kappa shape index (κ3) is 3.83. The molecule has 1 unspecified atom stereocenters. The molecule has 1 atom stereocenters. The molecule has 0 aliphatic carbocycles. The predicted molar refractivity (Wildman–Crippen MR) is 83.9 cm³/mol. The van der Waals surface area contributed by atoms with Gasteiger partial charge in [0.2, 0.25) is 0 Å². The van der Waals surface area contributed by atoms with E-state index in [1.54, 1.807) is 0 Å². The second-order valence-electron chi connectivity index (χ2n) is 5.22. The molecule has 0 aliphatic heterocycles. The van der Waals surface area contributed by atoms with Gasteiger partial charge < -0.3 is 10.1 Å². The van der Waals surface area contributed by atoms with Gasteiger partial charge >= 0.3 is 0 Å². The molecule has 0 saturated carbocycles. The molecule has 1 aromatic heterocycles. The predicted octanol–water partition coefficient (Wildman–Crippen LogP) is 3.54. The highest BCUT2D eigenvalue weighted by atomic mass is 16.5. The molecule has 0 saturated heterocycles. The molecule has 1 aromatic rings. The minimum atomic E-state index is -0.147. The Morgan fingerprint density at radius 3 is 2.40 bits per heavy atom. The first kappa shape index (κ1) is 17.2. The monoisotopic (exact) mass is 281 g/mol. The molecule has 4 nitrogen and oxygen atoms in total. The van der Waals surface area contributed by atoms with Crippen LogP contribution in [-0.2, 0) is 11.3 Å². The quantitative estimate of drug-likeness (QED) is 0.713. The standard InChI is InChI=1S/C16H31N3O/c1-6-11-17-15(14-12-18-19(9-4)13-14)16(7-2,8-3)20-10-5/h12-13,15,17H,6-11H2,1-5H3. The van der Waals surface area contributed by atoms with E-state index in [1.165, 1.54) is 5.56 Å². The molecule has 20 heavy (non-hydrogen) atoms. The fraction of sp³-hybridized carbons (Fsp3) is 0.812. The summed E-state index contributed by atoms with van der Waals surface area (Å²) in [4.78, 5) is 0. The molecule has 0 aromatic carbocycles. The highest BCUT2D eigenvalue weighted by molar-refractivity contribution is 5.16. The Balaban J connectivity index is 3.07. The summed E-state index contributed by atoms with van der Waals surface area (Å²) >= 11 is 0. The molecule has 0 radical (unpaired) electrons. The van der Waals surface area contributed by atoms with Crippen LogP contribution >= 0.6 is 0 Å². The van der Waals surface area contributed by atoms with Gasteiger partial charge in [-0.25, -0.2) is 0 Å².